The van der Waals surface area contributed by atoms with E-state index in [1.165, 1.54) is 0 Å². The maximum atomic E-state index is 10.5. The highest BCUT2D eigenvalue weighted by atomic mass is 16.1. The van der Waals surface area contributed by atoms with Gasteiger partial charge in [-0.25, -0.2) is 0 Å². The van der Waals surface area contributed by atoms with E-state index in [0.29, 0.717) is 18.4 Å². The van der Waals surface area contributed by atoms with Crippen LogP contribution in [-0.4, -0.2) is 11.7 Å². The third-order valence-corrected chi connectivity index (χ3v) is 1.90. The molecule has 0 saturated heterocycles. The molecule has 4 nitrogen and oxygen atoms in total. The lowest BCUT2D eigenvalue weighted by Crippen LogP contribution is -2.13. The van der Waals surface area contributed by atoms with Crippen LogP contribution < -0.4 is 11.5 Å². The van der Waals surface area contributed by atoms with Gasteiger partial charge in [0.15, 0.2) is 0 Å². The average Bonchev–Trinajstić information content (AvgIpc) is 2.15. The SMILES string of the molecule is N=C(N)c1cccc(CCC(N)=O)c1. The van der Waals surface area contributed by atoms with Crippen molar-refractivity contribution >= 4 is 11.7 Å². The van der Waals surface area contributed by atoms with Crippen LogP contribution in [0.4, 0.5) is 0 Å². The number of aryl methyl sites for hydroxylation is 1. The Balaban J connectivity index is 2.73. The first kappa shape index (κ1) is 10.2. The van der Waals surface area contributed by atoms with Crippen molar-refractivity contribution in [2.45, 2.75) is 12.8 Å². The third kappa shape index (κ3) is 2.90. The van der Waals surface area contributed by atoms with Gasteiger partial charge in [0.05, 0.1) is 0 Å². The Morgan fingerprint density at radius 2 is 2.07 bits per heavy atom. The zero-order valence-corrected chi connectivity index (χ0v) is 7.79. The lowest BCUT2D eigenvalue weighted by atomic mass is 10.1. The molecule has 1 amide bonds. The van der Waals surface area contributed by atoms with Crippen LogP contribution in [0.25, 0.3) is 0 Å². The second-order valence-electron chi connectivity index (χ2n) is 3.08. The van der Waals surface area contributed by atoms with E-state index < -0.39 is 0 Å². The van der Waals surface area contributed by atoms with Gasteiger partial charge in [-0.15, -0.1) is 0 Å². The van der Waals surface area contributed by atoms with Gasteiger partial charge in [-0.1, -0.05) is 18.2 Å². The Labute approximate surface area is 82.4 Å². The number of carbonyl (C=O) groups excluding carboxylic acids is 1. The number of nitrogens with one attached hydrogen (secondary N) is 1. The maximum absolute atomic E-state index is 10.5. The van der Waals surface area contributed by atoms with Gasteiger partial charge in [-0.2, -0.15) is 0 Å². The first-order chi connectivity index (χ1) is 6.59. The fourth-order valence-electron chi connectivity index (χ4n) is 1.16. The summed E-state index contributed by atoms with van der Waals surface area (Å²) in [4.78, 5) is 10.5. The van der Waals surface area contributed by atoms with E-state index in [4.69, 9.17) is 16.9 Å². The quantitative estimate of drug-likeness (QED) is 0.474. The number of nitrogen functional groups attached to an aromatic ring is 1. The number of carbonyl (C=O) groups is 1. The highest BCUT2D eigenvalue weighted by molar-refractivity contribution is 5.95. The molecule has 0 aliphatic rings. The Bertz CT molecular complexity index is 360. The first-order valence-electron chi connectivity index (χ1n) is 4.31. The van der Waals surface area contributed by atoms with Crippen molar-refractivity contribution in [1.82, 2.24) is 0 Å². The minimum Gasteiger partial charge on any atom is -0.384 e. The molecule has 0 fully saturated rings. The molecule has 0 bridgehead atoms. The van der Waals surface area contributed by atoms with Gasteiger partial charge in [-0.3, -0.25) is 10.2 Å². The Morgan fingerprint density at radius 3 is 2.64 bits per heavy atom. The molecule has 1 rings (SSSR count). The Hall–Kier alpha value is -1.84. The highest BCUT2D eigenvalue weighted by Crippen LogP contribution is 2.06. The fraction of sp³-hybridized carbons (Fsp3) is 0.200. The molecule has 0 spiro atoms. The molecular weight excluding hydrogens is 178 g/mol. The normalized spacial score (nSPS) is 9.71. The van der Waals surface area contributed by atoms with E-state index in [9.17, 15) is 4.79 Å². The molecular formula is C10H13N3O. The number of amidine groups is 1. The predicted molar refractivity (Wildman–Crippen MR) is 55.0 cm³/mol. The molecule has 0 aromatic heterocycles. The molecule has 0 unspecified atom stereocenters. The smallest absolute Gasteiger partial charge is 0.217 e. The van der Waals surface area contributed by atoms with Crippen LogP contribution in [0, 0.1) is 5.41 Å². The third-order valence-electron chi connectivity index (χ3n) is 1.90. The van der Waals surface area contributed by atoms with Crippen molar-refractivity contribution in [3.63, 3.8) is 0 Å². The Morgan fingerprint density at radius 1 is 1.36 bits per heavy atom. The summed E-state index contributed by atoms with van der Waals surface area (Å²) in [6.07, 6.45) is 0.914. The zero-order chi connectivity index (χ0) is 10.6. The average molecular weight is 191 g/mol. The molecule has 0 heterocycles. The van der Waals surface area contributed by atoms with Crippen molar-refractivity contribution in [3.05, 3.63) is 35.4 Å². The number of rotatable bonds is 4. The summed E-state index contributed by atoms with van der Waals surface area (Å²) in [7, 11) is 0. The van der Waals surface area contributed by atoms with E-state index in [0.717, 1.165) is 5.56 Å². The molecule has 1 aromatic rings. The van der Waals surface area contributed by atoms with Crippen LogP contribution in [0.5, 0.6) is 0 Å². The van der Waals surface area contributed by atoms with E-state index >= 15 is 0 Å². The van der Waals surface area contributed by atoms with Crippen LogP contribution >= 0.6 is 0 Å². The number of hydrogen-bond donors (Lipinski definition) is 3. The van der Waals surface area contributed by atoms with Crippen molar-refractivity contribution in [3.8, 4) is 0 Å². The largest absolute Gasteiger partial charge is 0.384 e. The van der Waals surface area contributed by atoms with E-state index in [2.05, 4.69) is 0 Å². The highest BCUT2D eigenvalue weighted by Gasteiger charge is 2.00. The van der Waals surface area contributed by atoms with Gasteiger partial charge < -0.3 is 11.5 Å². The van der Waals surface area contributed by atoms with Gasteiger partial charge in [0, 0.05) is 12.0 Å². The van der Waals surface area contributed by atoms with Gasteiger partial charge in [0.25, 0.3) is 0 Å². The minimum atomic E-state index is -0.321. The minimum absolute atomic E-state index is 0.0333. The zero-order valence-electron chi connectivity index (χ0n) is 7.79. The predicted octanol–water partition coefficient (Wildman–Crippen LogP) is 0.389. The van der Waals surface area contributed by atoms with Crippen LogP contribution in [0.3, 0.4) is 0 Å². The topological polar surface area (TPSA) is 93.0 Å². The van der Waals surface area contributed by atoms with Crippen LogP contribution in [0.15, 0.2) is 24.3 Å². The van der Waals surface area contributed by atoms with E-state index in [-0.39, 0.29) is 11.7 Å². The van der Waals surface area contributed by atoms with Crippen molar-refractivity contribution in [2.75, 3.05) is 0 Å². The van der Waals surface area contributed by atoms with Gasteiger partial charge in [0.2, 0.25) is 5.91 Å². The second kappa shape index (κ2) is 4.41. The van der Waals surface area contributed by atoms with Crippen molar-refractivity contribution in [2.24, 2.45) is 11.5 Å². The van der Waals surface area contributed by atoms with Crippen molar-refractivity contribution < 1.29 is 4.79 Å². The molecule has 0 radical (unpaired) electrons. The van der Waals surface area contributed by atoms with Crippen LogP contribution in [0.2, 0.25) is 0 Å². The molecule has 1 aromatic carbocycles. The monoisotopic (exact) mass is 191 g/mol. The molecule has 0 aliphatic heterocycles. The van der Waals surface area contributed by atoms with Gasteiger partial charge in [0.1, 0.15) is 5.84 Å². The van der Waals surface area contributed by atoms with Gasteiger partial charge >= 0.3 is 0 Å². The molecule has 74 valence electrons. The van der Waals surface area contributed by atoms with E-state index in [1.54, 1.807) is 12.1 Å². The number of primary amides is 1. The summed E-state index contributed by atoms with van der Waals surface area (Å²) in [6.45, 7) is 0. The fourth-order valence-corrected chi connectivity index (χ4v) is 1.16. The Kier molecular flexibility index (Phi) is 3.23. The molecule has 0 saturated carbocycles. The summed E-state index contributed by atoms with van der Waals surface area (Å²) < 4.78 is 0. The van der Waals surface area contributed by atoms with E-state index in [1.807, 2.05) is 12.1 Å². The van der Waals surface area contributed by atoms with Crippen LogP contribution in [0.1, 0.15) is 17.5 Å². The molecule has 14 heavy (non-hydrogen) atoms. The lowest BCUT2D eigenvalue weighted by Gasteiger charge is -2.02. The molecule has 5 N–H and O–H groups in total. The summed E-state index contributed by atoms with van der Waals surface area (Å²) in [5.41, 5.74) is 12.0. The number of hydrogen-bond acceptors (Lipinski definition) is 2. The summed E-state index contributed by atoms with van der Waals surface area (Å²) >= 11 is 0. The van der Waals surface area contributed by atoms with Crippen LogP contribution in [-0.2, 0) is 11.2 Å². The number of amides is 1. The standard InChI is InChI=1S/C10H13N3O/c11-9(14)5-4-7-2-1-3-8(6-7)10(12)13/h1-3,6H,4-5H2,(H2,11,14)(H3,12,13). The lowest BCUT2D eigenvalue weighted by molar-refractivity contribution is -0.117. The molecule has 4 heteroatoms. The number of nitrogens with two attached hydrogens (primary N) is 2. The number of benzene rings is 1. The summed E-state index contributed by atoms with van der Waals surface area (Å²) in [6, 6.07) is 7.25. The first-order valence-corrected chi connectivity index (χ1v) is 4.31. The van der Waals surface area contributed by atoms with Crippen molar-refractivity contribution in [1.29, 1.82) is 5.41 Å². The maximum Gasteiger partial charge on any atom is 0.217 e. The summed E-state index contributed by atoms with van der Waals surface area (Å²) in [5.74, 6) is -0.288. The molecule has 0 aliphatic carbocycles. The molecule has 0 atom stereocenters. The second-order valence-corrected chi connectivity index (χ2v) is 3.08. The van der Waals surface area contributed by atoms with Gasteiger partial charge in [-0.05, 0) is 18.1 Å². The summed E-state index contributed by atoms with van der Waals surface area (Å²) in [5, 5.41) is 7.23.